The highest BCUT2D eigenvalue weighted by Gasteiger charge is 2.27. The molecule has 1 fully saturated rings. The van der Waals surface area contributed by atoms with Crippen LogP contribution in [0.2, 0.25) is 0 Å². The van der Waals surface area contributed by atoms with Gasteiger partial charge in [0.1, 0.15) is 5.01 Å². The number of nitrogens with one attached hydrogen (secondary N) is 1. The zero-order chi connectivity index (χ0) is 12.5. The van der Waals surface area contributed by atoms with E-state index in [1.807, 2.05) is 19.2 Å². The van der Waals surface area contributed by atoms with Gasteiger partial charge in [-0.15, -0.1) is 11.3 Å². The Balaban J connectivity index is 2.05. The van der Waals surface area contributed by atoms with Gasteiger partial charge in [0, 0.05) is 24.2 Å². The SMILES string of the molecule is Cc1csc([C@H](C)NS(=O)(=O)N2CCCC2)n1. The van der Waals surface area contributed by atoms with Gasteiger partial charge in [-0.1, -0.05) is 0 Å². The fraction of sp³-hybridized carbons (Fsp3) is 0.700. The first-order chi connectivity index (χ1) is 7.99. The van der Waals surface area contributed by atoms with Crippen molar-refractivity contribution >= 4 is 21.5 Å². The standard InChI is InChI=1S/C10H17N3O2S2/c1-8-7-16-10(11-8)9(2)12-17(14,15)13-5-3-4-6-13/h7,9,12H,3-6H2,1-2H3/t9-/m0/s1. The van der Waals surface area contributed by atoms with E-state index in [0.717, 1.165) is 23.5 Å². The lowest BCUT2D eigenvalue weighted by molar-refractivity contribution is 0.456. The molecule has 0 bridgehead atoms. The highest BCUT2D eigenvalue weighted by Crippen LogP contribution is 2.20. The third kappa shape index (κ3) is 3.04. The molecule has 0 amide bonds. The molecule has 5 nitrogen and oxygen atoms in total. The molecule has 0 radical (unpaired) electrons. The van der Waals surface area contributed by atoms with Crippen LogP contribution in [0.1, 0.15) is 36.5 Å². The Morgan fingerprint density at radius 3 is 2.65 bits per heavy atom. The van der Waals surface area contributed by atoms with Crippen molar-refractivity contribution in [3.05, 3.63) is 16.1 Å². The van der Waals surface area contributed by atoms with Gasteiger partial charge in [0.15, 0.2) is 0 Å². The molecule has 2 rings (SSSR count). The molecule has 1 aliphatic heterocycles. The van der Waals surface area contributed by atoms with Gasteiger partial charge in [-0.05, 0) is 26.7 Å². The number of hydrogen-bond donors (Lipinski definition) is 1. The van der Waals surface area contributed by atoms with Crippen molar-refractivity contribution in [2.24, 2.45) is 0 Å². The zero-order valence-corrected chi connectivity index (χ0v) is 11.6. The molecule has 1 N–H and O–H groups in total. The average Bonchev–Trinajstić information content (AvgIpc) is 2.86. The van der Waals surface area contributed by atoms with Crippen LogP contribution in [0.5, 0.6) is 0 Å². The monoisotopic (exact) mass is 275 g/mol. The van der Waals surface area contributed by atoms with Crippen LogP contribution in [0.3, 0.4) is 0 Å². The molecule has 0 spiro atoms. The number of hydrogen-bond acceptors (Lipinski definition) is 4. The lowest BCUT2D eigenvalue weighted by atomic mass is 10.4. The Labute approximate surface area is 106 Å². The van der Waals surface area contributed by atoms with Crippen LogP contribution in [0.25, 0.3) is 0 Å². The molecular formula is C10H17N3O2S2. The predicted molar refractivity (Wildman–Crippen MR) is 68.1 cm³/mol. The molecule has 2 heterocycles. The highest BCUT2D eigenvalue weighted by molar-refractivity contribution is 7.87. The molecule has 1 aliphatic rings. The Kier molecular flexibility index (Phi) is 3.82. The lowest BCUT2D eigenvalue weighted by Crippen LogP contribution is -2.40. The first-order valence-corrected chi connectivity index (χ1v) is 8.00. The molecule has 1 saturated heterocycles. The normalized spacial score (nSPS) is 19.6. The number of thiazole rings is 1. The summed E-state index contributed by atoms with van der Waals surface area (Å²) in [5.41, 5.74) is 0.928. The topological polar surface area (TPSA) is 62.3 Å². The van der Waals surface area contributed by atoms with Crippen molar-refractivity contribution in [2.45, 2.75) is 32.7 Å². The van der Waals surface area contributed by atoms with E-state index in [-0.39, 0.29) is 6.04 Å². The molecule has 1 aromatic rings. The molecule has 0 aliphatic carbocycles. The van der Waals surface area contributed by atoms with E-state index in [4.69, 9.17) is 0 Å². The Morgan fingerprint density at radius 1 is 1.47 bits per heavy atom. The molecule has 7 heteroatoms. The minimum absolute atomic E-state index is 0.265. The lowest BCUT2D eigenvalue weighted by Gasteiger charge is -2.19. The Hall–Kier alpha value is -0.500. The van der Waals surface area contributed by atoms with Crippen LogP contribution < -0.4 is 4.72 Å². The van der Waals surface area contributed by atoms with E-state index in [1.54, 1.807) is 0 Å². The average molecular weight is 275 g/mol. The van der Waals surface area contributed by atoms with E-state index in [9.17, 15) is 8.42 Å². The van der Waals surface area contributed by atoms with Crippen molar-refractivity contribution in [2.75, 3.05) is 13.1 Å². The summed E-state index contributed by atoms with van der Waals surface area (Å²) >= 11 is 1.48. The second kappa shape index (κ2) is 5.01. The highest BCUT2D eigenvalue weighted by atomic mass is 32.2. The third-order valence-electron chi connectivity index (χ3n) is 2.74. The summed E-state index contributed by atoms with van der Waals surface area (Å²) in [6.45, 7) is 4.98. The van der Waals surface area contributed by atoms with Gasteiger partial charge in [-0.3, -0.25) is 0 Å². The molecule has 1 atom stereocenters. The minimum atomic E-state index is -3.35. The summed E-state index contributed by atoms with van der Waals surface area (Å²) in [6.07, 6.45) is 1.90. The van der Waals surface area contributed by atoms with Crippen molar-refractivity contribution < 1.29 is 8.42 Å². The van der Waals surface area contributed by atoms with Crippen LogP contribution in [-0.4, -0.2) is 30.8 Å². The molecule has 17 heavy (non-hydrogen) atoms. The molecule has 0 aromatic carbocycles. The summed E-state index contributed by atoms with van der Waals surface area (Å²) in [5.74, 6) is 0. The zero-order valence-electron chi connectivity index (χ0n) is 10.0. The second-order valence-corrected chi connectivity index (χ2v) is 6.87. The van der Waals surface area contributed by atoms with Crippen LogP contribution in [0, 0.1) is 6.92 Å². The van der Waals surface area contributed by atoms with Gasteiger partial charge in [0.05, 0.1) is 6.04 Å². The molecule has 1 aromatic heterocycles. The molecular weight excluding hydrogens is 258 g/mol. The van der Waals surface area contributed by atoms with Crippen molar-refractivity contribution in [1.29, 1.82) is 0 Å². The number of rotatable bonds is 4. The summed E-state index contributed by atoms with van der Waals surface area (Å²) in [7, 11) is -3.35. The van der Waals surface area contributed by atoms with Gasteiger partial charge in [0.25, 0.3) is 10.2 Å². The molecule has 96 valence electrons. The van der Waals surface area contributed by atoms with E-state index in [1.165, 1.54) is 15.6 Å². The van der Waals surface area contributed by atoms with Crippen molar-refractivity contribution in [3.63, 3.8) is 0 Å². The minimum Gasteiger partial charge on any atom is -0.245 e. The van der Waals surface area contributed by atoms with E-state index >= 15 is 0 Å². The first kappa shape index (κ1) is 12.9. The van der Waals surface area contributed by atoms with E-state index < -0.39 is 10.2 Å². The van der Waals surface area contributed by atoms with E-state index in [2.05, 4.69) is 9.71 Å². The van der Waals surface area contributed by atoms with Gasteiger partial charge < -0.3 is 0 Å². The maximum Gasteiger partial charge on any atom is 0.280 e. The van der Waals surface area contributed by atoms with Crippen molar-refractivity contribution in [1.82, 2.24) is 14.0 Å². The molecule has 0 unspecified atom stereocenters. The maximum atomic E-state index is 12.0. The number of aromatic nitrogens is 1. The van der Waals surface area contributed by atoms with Crippen LogP contribution in [0.4, 0.5) is 0 Å². The predicted octanol–water partition coefficient (Wildman–Crippen LogP) is 1.44. The fourth-order valence-electron chi connectivity index (χ4n) is 1.85. The summed E-state index contributed by atoms with van der Waals surface area (Å²) in [5, 5.41) is 2.74. The number of aryl methyl sites for hydroxylation is 1. The first-order valence-electron chi connectivity index (χ1n) is 5.68. The number of nitrogens with zero attached hydrogens (tertiary/aromatic N) is 2. The van der Waals surface area contributed by atoms with Crippen LogP contribution in [0.15, 0.2) is 5.38 Å². The summed E-state index contributed by atoms with van der Waals surface area (Å²) in [6, 6.07) is -0.265. The summed E-state index contributed by atoms with van der Waals surface area (Å²) in [4.78, 5) is 4.29. The third-order valence-corrected chi connectivity index (χ3v) is 5.58. The van der Waals surface area contributed by atoms with Gasteiger partial charge in [-0.2, -0.15) is 17.4 Å². The quantitative estimate of drug-likeness (QED) is 0.904. The van der Waals surface area contributed by atoms with Gasteiger partial charge >= 0.3 is 0 Å². The smallest absolute Gasteiger partial charge is 0.245 e. The van der Waals surface area contributed by atoms with Gasteiger partial charge in [-0.25, -0.2) is 4.98 Å². The van der Waals surface area contributed by atoms with Crippen LogP contribution >= 0.6 is 11.3 Å². The largest absolute Gasteiger partial charge is 0.280 e. The van der Waals surface area contributed by atoms with E-state index in [0.29, 0.717) is 13.1 Å². The van der Waals surface area contributed by atoms with Crippen LogP contribution in [-0.2, 0) is 10.2 Å². The van der Waals surface area contributed by atoms with Crippen molar-refractivity contribution in [3.8, 4) is 0 Å². The molecule has 0 saturated carbocycles. The summed E-state index contributed by atoms with van der Waals surface area (Å²) < 4.78 is 28.2. The maximum absolute atomic E-state index is 12.0. The fourth-order valence-corrected chi connectivity index (χ4v) is 4.17. The second-order valence-electron chi connectivity index (χ2n) is 4.28. The Bertz CT molecular complexity index is 477. The Morgan fingerprint density at radius 2 is 2.12 bits per heavy atom. The van der Waals surface area contributed by atoms with Gasteiger partial charge in [0.2, 0.25) is 0 Å².